The van der Waals surface area contributed by atoms with E-state index in [-0.39, 0.29) is 12.0 Å². The maximum atomic E-state index is 5.67. The monoisotopic (exact) mass is 271 g/mol. The molecule has 18 heavy (non-hydrogen) atoms. The molecule has 102 valence electrons. The molecule has 6 nitrogen and oxygen atoms in total. The van der Waals surface area contributed by atoms with Crippen molar-refractivity contribution in [1.29, 1.82) is 0 Å². The second-order valence-electron chi connectivity index (χ2n) is 3.84. The lowest BCUT2D eigenvalue weighted by Gasteiger charge is -2.26. The Balaban J connectivity index is 2.92. The van der Waals surface area contributed by atoms with Crippen LogP contribution in [0.1, 0.15) is 20.3 Å². The van der Waals surface area contributed by atoms with Crippen LogP contribution in [0.4, 0.5) is 11.9 Å². The summed E-state index contributed by atoms with van der Waals surface area (Å²) in [6.45, 7) is 4.53. The average Bonchev–Trinajstić information content (AvgIpc) is 2.35. The highest BCUT2D eigenvalue weighted by atomic mass is 32.2. The first kappa shape index (κ1) is 14.8. The summed E-state index contributed by atoms with van der Waals surface area (Å²) in [6, 6.07) is 0.655. The third-order valence-electron chi connectivity index (χ3n) is 2.59. The van der Waals surface area contributed by atoms with Crippen LogP contribution in [0.5, 0.6) is 6.01 Å². The van der Waals surface area contributed by atoms with Crippen molar-refractivity contribution in [2.24, 2.45) is 0 Å². The Hall–Kier alpha value is -1.24. The molecule has 0 spiro atoms. The fraction of sp³-hybridized carbons (Fsp3) is 0.727. The molecule has 7 heteroatoms. The number of hydrogen-bond donors (Lipinski definition) is 1. The van der Waals surface area contributed by atoms with Gasteiger partial charge in [0.1, 0.15) is 0 Å². The zero-order valence-electron chi connectivity index (χ0n) is 11.4. The largest absolute Gasteiger partial charge is 0.464 e. The minimum Gasteiger partial charge on any atom is -0.464 e. The number of nitrogen functional groups attached to an aromatic ring is 1. The van der Waals surface area contributed by atoms with Crippen molar-refractivity contribution in [2.75, 3.05) is 36.3 Å². The highest BCUT2D eigenvalue weighted by Gasteiger charge is 2.17. The van der Waals surface area contributed by atoms with E-state index in [4.69, 9.17) is 10.5 Å². The Morgan fingerprint density at radius 3 is 2.61 bits per heavy atom. The van der Waals surface area contributed by atoms with Crippen molar-refractivity contribution in [1.82, 2.24) is 15.0 Å². The second kappa shape index (κ2) is 7.25. The molecule has 1 heterocycles. The zero-order chi connectivity index (χ0) is 13.5. The van der Waals surface area contributed by atoms with Crippen LogP contribution in [0, 0.1) is 0 Å². The molecule has 1 aromatic rings. The predicted octanol–water partition coefficient (Wildman–Crippen LogP) is 1.43. The van der Waals surface area contributed by atoms with Crippen LogP contribution >= 0.6 is 11.8 Å². The van der Waals surface area contributed by atoms with E-state index in [1.807, 2.05) is 18.9 Å². The first-order chi connectivity index (χ1) is 8.62. The molecular weight excluding hydrogens is 250 g/mol. The maximum absolute atomic E-state index is 5.67. The lowest BCUT2D eigenvalue weighted by atomic mass is 10.2. The molecule has 0 saturated carbocycles. The third-order valence-corrected chi connectivity index (χ3v) is 3.31. The van der Waals surface area contributed by atoms with Crippen LogP contribution in [-0.2, 0) is 0 Å². The van der Waals surface area contributed by atoms with E-state index in [9.17, 15) is 0 Å². The lowest BCUT2D eigenvalue weighted by Crippen LogP contribution is -2.34. The summed E-state index contributed by atoms with van der Waals surface area (Å²) in [5.74, 6) is 1.77. The van der Waals surface area contributed by atoms with Gasteiger partial charge in [0.05, 0.1) is 6.61 Å². The Morgan fingerprint density at radius 1 is 1.33 bits per heavy atom. The Kier molecular flexibility index (Phi) is 5.97. The average molecular weight is 271 g/mol. The van der Waals surface area contributed by atoms with Crippen molar-refractivity contribution in [3.63, 3.8) is 0 Å². The van der Waals surface area contributed by atoms with E-state index < -0.39 is 0 Å². The first-order valence-corrected chi connectivity index (χ1v) is 7.37. The van der Waals surface area contributed by atoms with Crippen molar-refractivity contribution in [3.8, 4) is 6.01 Å². The van der Waals surface area contributed by atoms with E-state index in [1.165, 1.54) is 0 Å². The number of rotatable bonds is 7. The van der Waals surface area contributed by atoms with Gasteiger partial charge in [-0.15, -0.1) is 0 Å². The molecule has 0 amide bonds. The molecule has 0 aliphatic heterocycles. The van der Waals surface area contributed by atoms with Gasteiger partial charge >= 0.3 is 6.01 Å². The van der Waals surface area contributed by atoms with Gasteiger partial charge in [0.2, 0.25) is 11.9 Å². The molecular formula is C11H21N5OS. The van der Waals surface area contributed by atoms with Crippen LogP contribution in [0.15, 0.2) is 0 Å². The minimum absolute atomic E-state index is 0.189. The van der Waals surface area contributed by atoms with Gasteiger partial charge in [0.15, 0.2) is 0 Å². The number of aromatic nitrogens is 3. The van der Waals surface area contributed by atoms with Crippen molar-refractivity contribution in [3.05, 3.63) is 0 Å². The van der Waals surface area contributed by atoms with Gasteiger partial charge in [-0.05, 0) is 19.6 Å². The molecule has 0 radical (unpaired) electrons. The van der Waals surface area contributed by atoms with Crippen LogP contribution in [0.2, 0.25) is 0 Å². The fourth-order valence-corrected chi connectivity index (χ4v) is 2.42. The topological polar surface area (TPSA) is 77.2 Å². The number of anilines is 2. The zero-order valence-corrected chi connectivity index (χ0v) is 12.2. The smallest absolute Gasteiger partial charge is 0.323 e. The van der Waals surface area contributed by atoms with Gasteiger partial charge in [0.25, 0.3) is 0 Å². The van der Waals surface area contributed by atoms with E-state index in [0.717, 1.165) is 12.2 Å². The van der Waals surface area contributed by atoms with Gasteiger partial charge in [0, 0.05) is 18.8 Å². The summed E-state index contributed by atoms with van der Waals surface area (Å²) in [4.78, 5) is 14.4. The van der Waals surface area contributed by atoms with Crippen LogP contribution in [-0.4, -0.2) is 46.7 Å². The number of nitrogens with zero attached hydrogens (tertiary/aromatic N) is 4. The molecule has 1 atom stereocenters. The first-order valence-electron chi connectivity index (χ1n) is 5.98. The summed E-state index contributed by atoms with van der Waals surface area (Å²) < 4.78 is 5.28. The molecule has 1 rings (SSSR count). The minimum atomic E-state index is 0.189. The predicted molar refractivity (Wildman–Crippen MR) is 76.3 cm³/mol. The summed E-state index contributed by atoms with van der Waals surface area (Å²) >= 11 is 1.80. The number of nitrogens with two attached hydrogens (primary N) is 1. The summed E-state index contributed by atoms with van der Waals surface area (Å²) in [5.41, 5.74) is 5.67. The number of ether oxygens (including phenoxy) is 1. The Morgan fingerprint density at radius 2 is 2.06 bits per heavy atom. The SMILES string of the molecule is CCOc1nc(N)nc(N(C)C(CC)CSC)n1. The van der Waals surface area contributed by atoms with Crippen molar-refractivity contribution >= 4 is 23.7 Å². The third kappa shape index (κ3) is 3.90. The van der Waals surface area contributed by atoms with Crippen LogP contribution in [0.3, 0.4) is 0 Å². The van der Waals surface area contributed by atoms with Gasteiger partial charge < -0.3 is 15.4 Å². The van der Waals surface area contributed by atoms with E-state index in [1.54, 1.807) is 11.8 Å². The fourth-order valence-electron chi connectivity index (χ4n) is 1.57. The van der Waals surface area contributed by atoms with Crippen molar-refractivity contribution in [2.45, 2.75) is 26.3 Å². The number of thioether (sulfide) groups is 1. The van der Waals surface area contributed by atoms with Crippen molar-refractivity contribution < 1.29 is 4.74 Å². The van der Waals surface area contributed by atoms with E-state index >= 15 is 0 Å². The van der Waals surface area contributed by atoms with Crippen LogP contribution in [0.25, 0.3) is 0 Å². The molecule has 2 N–H and O–H groups in total. The molecule has 0 fully saturated rings. The normalized spacial score (nSPS) is 12.2. The quantitative estimate of drug-likeness (QED) is 0.803. The highest BCUT2D eigenvalue weighted by Crippen LogP contribution is 2.17. The molecule has 0 aliphatic carbocycles. The van der Waals surface area contributed by atoms with Crippen LogP contribution < -0.4 is 15.4 Å². The van der Waals surface area contributed by atoms with Gasteiger partial charge in [-0.1, -0.05) is 6.92 Å². The molecule has 0 saturated heterocycles. The molecule has 0 aromatic carbocycles. The summed E-state index contributed by atoms with van der Waals surface area (Å²) in [5, 5.41) is 0. The Bertz CT molecular complexity index is 376. The van der Waals surface area contributed by atoms with Gasteiger partial charge in [-0.2, -0.15) is 26.7 Å². The second-order valence-corrected chi connectivity index (χ2v) is 4.75. The molecule has 1 unspecified atom stereocenters. The summed E-state index contributed by atoms with van der Waals surface area (Å²) in [6.07, 6.45) is 3.11. The summed E-state index contributed by atoms with van der Waals surface area (Å²) in [7, 11) is 1.97. The number of hydrogen-bond acceptors (Lipinski definition) is 7. The van der Waals surface area contributed by atoms with E-state index in [0.29, 0.717) is 18.6 Å². The van der Waals surface area contributed by atoms with Gasteiger partial charge in [-0.3, -0.25) is 0 Å². The highest BCUT2D eigenvalue weighted by molar-refractivity contribution is 7.98. The lowest BCUT2D eigenvalue weighted by molar-refractivity contribution is 0.312. The van der Waals surface area contributed by atoms with E-state index in [2.05, 4.69) is 28.1 Å². The maximum Gasteiger partial charge on any atom is 0.323 e. The van der Waals surface area contributed by atoms with Gasteiger partial charge in [-0.25, -0.2) is 0 Å². The standard InChI is InChI=1S/C11H21N5OS/c1-5-8(7-18-4)16(3)10-13-9(12)14-11(15-10)17-6-2/h8H,5-7H2,1-4H3,(H2,12,13,14,15). The molecule has 1 aromatic heterocycles. The Labute approximate surface area is 112 Å². The molecule has 0 bridgehead atoms. The molecule has 0 aliphatic rings.